The van der Waals surface area contributed by atoms with Gasteiger partial charge in [0.05, 0.1) is 6.54 Å². The number of nitrogens with zero attached hydrogens (tertiary/aromatic N) is 1. The van der Waals surface area contributed by atoms with Crippen LogP contribution in [0, 0.1) is 0 Å². The van der Waals surface area contributed by atoms with Gasteiger partial charge in [-0.15, -0.1) is 12.4 Å². The third-order valence-electron chi connectivity index (χ3n) is 3.26. The molecule has 0 fully saturated rings. The van der Waals surface area contributed by atoms with Crippen molar-refractivity contribution in [2.45, 2.75) is 38.6 Å². The standard InChI is InChI=1S/C16H25N3O2.ClH/c17-11-7-2-1-6-10-16(21)19(13-15(18)20)12-14-8-4-3-5-9-14;/h3-5,8-9H,1-2,6-7,10-13,17H2,(H2,18,20);1H. The Bertz CT molecular complexity index is 440. The zero-order valence-electron chi connectivity index (χ0n) is 12.9. The van der Waals surface area contributed by atoms with Crippen molar-refractivity contribution in [1.82, 2.24) is 4.90 Å². The van der Waals surface area contributed by atoms with Crippen LogP contribution in [0.25, 0.3) is 0 Å². The number of amides is 2. The van der Waals surface area contributed by atoms with Gasteiger partial charge in [-0.2, -0.15) is 0 Å². The predicted octanol–water partition coefficient (Wildman–Crippen LogP) is 1.83. The van der Waals surface area contributed by atoms with E-state index in [4.69, 9.17) is 11.5 Å². The zero-order chi connectivity index (χ0) is 15.5. The van der Waals surface area contributed by atoms with Crippen molar-refractivity contribution < 1.29 is 9.59 Å². The minimum Gasteiger partial charge on any atom is -0.368 e. The minimum atomic E-state index is -0.484. The van der Waals surface area contributed by atoms with Crippen LogP contribution in [0.1, 0.15) is 37.7 Å². The molecule has 0 aliphatic rings. The third kappa shape index (κ3) is 8.64. The van der Waals surface area contributed by atoms with Gasteiger partial charge in [-0.1, -0.05) is 43.2 Å². The smallest absolute Gasteiger partial charge is 0.237 e. The summed E-state index contributed by atoms with van der Waals surface area (Å²) in [6, 6.07) is 9.61. The normalized spacial score (nSPS) is 9.86. The van der Waals surface area contributed by atoms with Crippen LogP contribution in [-0.4, -0.2) is 29.8 Å². The second kappa shape index (κ2) is 12.0. The Hall–Kier alpha value is -1.59. The van der Waals surface area contributed by atoms with E-state index in [1.807, 2.05) is 30.3 Å². The van der Waals surface area contributed by atoms with Crippen LogP contribution in [0.15, 0.2) is 30.3 Å². The SMILES string of the molecule is Cl.NCCCCCCC(=O)N(CC(N)=O)Cc1ccccc1. The second-order valence-corrected chi connectivity index (χ2v) is 5.15. The molecule has 2 amide bonds. The summed E-state index contributed by atoms with van der Waals surface area (Å²) < 4.78 is 0. The van der Waals surface area contributed by atoms with Gasteiger partial charge >= 0.3 is 0 Å². The summed E-state index contributed by atoms with van der Waals surface area (Å²) in [5, 5.41) is 0. The van der Waals surface area contributed by atoms with Crippen LogP contribution in [-0.2, 0) is 16.1 Å². The van der Waals surface area contributed by atoms with Crippen LogP contribution in [0.5, 0.6) is 0 Å². The molecule has 0 bridgehead atoms. The van der Waals surface area contributed by atoms with Gasteiger partial charge in [0.15, 0.2) is 0 Å². The molecule has 0 aromatic heterocycles. The van der Waals surface area contributed by atoms with Crippen LogP contribution in [0.2, 0.25) is 0 Å². The average Bonchev–Trinajstić information content (AvgIpc) is 2.47. The lowest BCUT2D eigenvalue weighted by Crippen LogP contribution is -2.37. The number of halogens is 1. The summed E-state index contributed by atoms with van der Waals surface area (Å²) in [5.41, 5.74) is 11.7. The van der Waals surface area contributed by atoms with E-state index in [1.54, 1.807) is 0 Å². The van der Waals surface area contributed by atoms with Gasteiger partial charge < -0.3 is 16.4 Å². The molecule has 22 heavy (non-hydrogen) atoms. The van der Waals surface area contributed by atoms with E-state index in [-0.39, 0.29) is 24.9 Å². The van der Waals surface area contributed by atoms with Crippen LogP contribution >= 0.6 is 12.4 Å². The fraction of sp³-hybridized carbons (Fsp3) is 0.500. The highest BCUT2D eigenvalue weighted by molar-refractivity contribution is 5.85. The number of rotatable bonds is 10. The maximum Gasteiger partial charge on any atom is 0.237 e. The van der Waals surface area contributed by atoms with E-state index in [1.165, 1.54) is 4.90 Å². The first-order valence-electron chi connectivity index (χ1n) is 7.43. The van der Waals surface area contributed by atoms with Gasteiger partial charge in [-0.05, 0) is 24.9 Å². The summed E-state index contributed by atoms with van der Waals surface area (Å²) >= 11 is 0. The first-order chi connectivity index (χ1) is 10.1. The maximum absolute atomic E-state index is 12.2. The summed E-state index contributed by atoms with van der Waals surface area (Å²) in [6.45, 7) is 1.08. The first kappa shape index (κ1) is 20.4. The molecule has 0 unspecified atom stereocenters. The molecular weight excluding hydrogens is 302 g/mol. The molecule has 4 N–H and O–H groups in total. The average molecular weight is 328 g/mol. The summed E-state index contributed by atoms with van der Waals surface area (Å²) in [5.74, 6) is -0.507. The monoisotopic (exact) mass is 327 g/mol. The van der Waals surface area contributed by atoms with Gasteiger partial charge in [0.2, 0.25) is 11.8 Å². The highest BCUT2D eigenvalue weighted by atomic mass is 35.5. The Kier molecular flexibility index (Phi) is 11.1. The summed E-state index contributed by atoms with van der Waals surface area (Å²) in [4.78, 5) is 24.9. The molecule has 0 spiro atoms. The van der Waals surface area contributed by atoms with E-state index < -0.39 is 5.91 Å². The molecule has 0 heterocycles. The number of hydrogen-bond acceptors (Lipinski definition) is 3. The highest BCUT2D eigenvalue weighted by Gasteiger charge is 2.15. The van der Waals surface area contributed by atoms with Crippen molar-refractivity contribution in [3.05, 3.63) is 35.9 Å². The van der Waals surface area contributed by atoms with Gasteiger partial charge in [-0.25, -0.2) is 0 Å². The molecule has 0 radical (unpaired) electrons. The molecule has 5 nitrogen and oxygen atoms in total. The molecule has 0 aliphatic heterocycles. The van der Waals surface area contributed by atoms with Crippen molar-refractivity contribution in [2.24, 2.45) is 11.5 Å². The molecule has 0 saturated heterocycles. The minimum absolute atomic E-state index is 0. The Morgan fingerprint density at radius 3 is 2.23 bits per heavy atom. The Morgan fingerprint density at radius 1 is 1.00 bits per heavy atom. The summed E-state index contributed by atoms with van der Waals surface area (Å²) in [7, 11) is 0. The van der Waals surface area contributed by atoms with Gasteiger partial charge in [0, 0.05) is 13.0 Å². The number of hydrogen-bond donors (Lipinski definition) is 2. The van der Waals surface area contributed by atoms with E-state index in [0.29, 0.717) is 19.5 Å². The van der Waals surface area contributed by atoms with Crippen molar-refractivity contribution in [3.63, 3.8) is 0 Å². The van der Waals surface area contributed by atoms with E-state index in [9.17, 15) is 9.59 Å². The molecule has 0 atom stereocenters. The summed E-state index contributed by atoms with van der Waals surface area (Å²) in [6.07, 6.45) is 4.29. The quantitative estimate of drug-likeness (QED) is 0.642. The van der Waals surface area contributed by atoms with E-state index in [2.05, 4.69) is 0 Å². The number of unbranched alkanes of at least 4 members (excludes halogenated alkanes) is 3. The largest absolute Gasteiger partial charge is 0.368 e. The van der Waals surface area contributed by atoms with E-state index >= 15 is 0 Å². The Morgan fingerprint density at radius 2 is 1.64 bits per heavy atom. The van der Waals surface area contributed by atoms with Gasteiger partial charge in [0.25, 0.3) is 0 Å². The van der Waals surface area contributed by atoms with Crippen LogP contribution < -0.4 is 11.5 Å². The fourth-order valence-electron chi connectivity index (χ4n) is 2.16. The fourth-order valence-corrected chi connectivity index (χ4v) is 2.16. The number of carbonyl (C=O) groups is 2. The first-order valence-corrected chi connectivity index (χ1v) is 7.43. The molecule has 1 aromatic carbocycles. The van der Waals surface area contributed by atoms with E-state index in [0.717, 1.165) is 31.2 Å². The molecule has 6 heteroatoms. The second-order valence-electron chi connectivity index (χ2n) is 5.15. The van der Waals surface area contributed by atoms with Gasteiger partial charge in [-0.3, -0.25) is 9.59 Å². The lowest BCUT2D eigenvalue weighted by molar-refractivity contribution is -0.135. The molecule has 1 aromatic rings. The van der Waals surface area contributed by atoms with Gasteiger partial charge in [0.1, 0.15) is 0 Å². The highest BCUT2D eigenvalue weighted by Crippen LogP contribution is 2.09. The Labute approximate surface area is 138 Å². The maximum atomic E-state index is 12.2. The molecular formula is C16H26ClN3O2. The molecule has 1 rings (SSSR count). The Balaban J connectivity index is 0.00000441. The van der Waals surface area contributed by atoms with Crippen molar-refractivity contribution in [3.8, 4) is 0 Å². The zero-order valence-corrected chi connectivity index (χ0v) is 13.7. The number of benzene rings is 1. The lowest BCUT2D eigenvalue weighted by Gasteiger charge is -2.21. The molecule has 0 saturated carbocycles. The number of nitrogens with two attached hydrogens (primary N) is 2. The van der Waals surface area contributed by atoms with Crippen molar-refractivity contribution in [1.29, 1.82) is 0 Å². The number of primary amides is 1. The van der Waals surface area contributed by atoms with Crippen molar-refractivity contribution >= 4 is 24.2 Å². The lowest BCUT2D eigenvalue weighted by atomic mass is 10.1. The van der Waals surface area contributed by atoms with Crippen LogP contribution in [0.3, 0.4) is 0 Å². The molecule has 0 aliphatic carbocycles. The predicted molar refractivity (Wildman–Crippen MR) is 90.4 cm³/mol. The van der Waals surface area contributed by atoms with Crippen molar-refractivity contribution in [2.75, 3.05) is 13.1 Å². The topological polar surface area (TPSA) is 89.4 Å². The molecule has 124 valence electrons. The third-order valence-corrected chi connectivity index (χ3v) is 3.26. The number of carbonyl (C=O) groups excluding carboxylic acids is 2. The van der Waals surface area contributed by atoms with Crippen LogP contribution in [0.4, 0.5) is 0 Å².